The van der Waals surface area contributed by atoms with Crippen molar-refractivity contribution < 1.29 is 18.0 Å². The number of amides is 1. The zero-order chi connectivity index (χ0) is 16.4. The van der Waals surface area contributed by atoms with E-state index >= 15 is 0 Å². The van der Waals surface area contributed by atoms with Gasteiger partial charge in [-0.1, -0.05) is 12.8 Å². The fraction of sp³-hybridized carbons (Fsp3) is 0.500. The zero-order valence-corrected chi connectivity index (χ0v) is 12.3. The summed E-state index contributed by atoms with van der Waals surface area (Å²) in [5.74, 6) is -2.43. The molecule has 3 heterocycles. The number of nitrogens with zero attached hydrogens (tertiary/aromatic N) is 4. The SMILES string of the molecule is O=C(Nc1nc2c(N3CCCCCC3)cccn2n1)C(F)(F)F. The van der Waals surface area contributed by atoms with Gasteiger partial charge in [0, 0.05) is 19.3 Å². The number of hydrogen-bond acceptors (Lipinski definition) is 4. The molecule has 1 fully saturated rings. The van der Waals surface area contributed by atoms with E-state index in [9.17, 15) is 18.0 Å². The van der Waals surface area contributed by atoms with Gasteiger partial charge < -0.3 is 4.90 Å². The van der Waals surface area contributed by atoms with Crippen LogP contribution >= 0.6 is 0 Å². The fourth-order valence-electron chi connectivity index (χ4n) is 2.68. The number of pyridine rings is 1. The van der Waals surface area contributed by atoms with Gasteiger partial charge >= 0.3 is 12.1 Å². The third kappa shape index (κ3) is 3.38. The molecule has 23 heavy (non-hydrogen) atoms. The van der Waals surface area contributed by atoms with Crippen LogP contribution in [0.3, 0.4) is 0 Å². The van der Waals surface area contributed by atoms with E-state index < -0.39 is 12.1 Å². The number of fused-ring (bicyclic) bond motifs is 1. The van der Waals surface area contributed by atoms with E-state index in [1.807, 2.05) is 6.07 Å². The number of carbonyl (C=O) groups excluding carboxylic acids is 1. The third-order valence-corrected chi connectivity index (χ3v) is 3.77. The molecule has 9 heteroatoms. The lowest BCUT2D eigenvalue weighted by Crippen LogP contribution is -2.30. The highest BCUT2D eigenvalue weighted by Crippen LogP contribution is 2.25. The standard InChI is InChI=1S/C14H16F3N5O/c15-14(16,17)12(23)19-13-18-11-10(6-5-9-22(11)20-13)21-7-3-1-2-4-8-21/h5-6,9H,1-4,7-8H2,(H,19,20,23). The highest BCUT2D eigenvalue weighted by atomic mass is 19.4. The van der Waals surface area contributed by atoms with Crippen molar-refractivity contribution in [3.63, 3.8) is 0 Å². The molecule has 0 saturated carbocycles. The predicted octanol–water partition coefficient (Wildman–Crippen LogP) is 2.61. The van der Waals surface area contributed by atoms with E-state index in [1.54, 1.807) is 17.6 Å². The number of carbonyl (C=O) groups is 1. The number of anilines is 2. The molecule has 0 atom stereocenters. The lowest BCUT2D eigenvalue weighted by Gasteiger charge is -2.22. The molecule has 0 unspecified atom stereocenters. The summed E-state index contributed by atoms with van der Waals surface area (Å²) in [7, 11) is 0. The number of nitrogens with one attached hydrogen (secondary N) is 1. The molecule has 1 amide bonds. The van der Waals surface area contributed by atoms with Crippen molar-refractivity contribution >= 4 is 23.2 Å². The molecule has 124 valence electrons. The van der Waals surface area contributed by atoms with E-state index in [0.717, 1.165) is 31.6 Å². The van der Waals surface area contributed by atoms with Gasteiger partial charge in [0.2, 0.25) is 5.95 Å². The predicted molar refractivity (Wildman–Crippen MR) is 78.4 cm³/mol. The Morgan fingerprint density at radius 3 is 2.52 bits per heavy atom. The number of halogens is 3. The Morgan fingerprint density at radius 1 is 1.17 bits per heavy atom. The molecule has 2 aromatic heterocycles. The second kappa shape index (κ2) is 6.05. The molecule has 1 aliphatic heterocycles. The van der Waals surface area contributed by atoms with Gasteiger partial charge in [0.15, 0.2) is 5.65 Å². The molecule has 0 radical (unpaired) electrons. The maximum absolute atomic E-state index is 12.3. The van der Waals surface area contributed by atoms with Crippen LogP contribution in [0, 0.1) is 0 Å². The molecule has 0 spiro atoms. The number of hydrogen-bond donors (Lipinski definition) is 1. The van der Waals surface area contributed by atoms with Gasteiger partial charge in [-0.05, 0) is 25.0 Å². The minimum absolute atomic E-state index is 0.352. The van der Waals surface area contributed by atoms with Gasteiger partial charge in [0.25, 0.3) is 0 Å². The van der Waals surface area contributed by atoms with E-state index in [-0.39, 0.29) is 5.95 Å². The molecule has 0 aliphatic carbocycles. The van der Waals surface area contributed by atoms with Gasteiger partial charge in [-0.15, -0.1) is 5.10 Å². The van der Waals surface area contributed by atoms with Crippen molar-refractivity contribution in [1.29, 1.82) is 0 Å². The van der Waals surface area contributed by atoms with Gasteiger partial charge in [0.05, 0.1) is 5.69 Å². The molecule has 1 N–H and O–H groups in total. The topological polar surface area (TPSA) is 62.5 Å². The van der Waals surface area contributed by atoms with Gasteiger partial charge in [0.1, 0.15) is 0 Å². The van der Waals surface area contributed by atoms with Crippen LogP contribution in [-0.4, -0.2) is 39.8 Å². The number of aromatic nitrogens is 3. The van der Waals surface area contributed by atoms with E-state index in [0.29, 0.717) is 5.65 Å². The molecule has 1 saturated heterocycles. The monoisotopic (exact) mass is 327 g/mol. The van der Waals surface area contributed by atoms with Crippen LogP contribution in [0.4, 0.5) is 24.8 Å². The van der Waals surface area contributed by atoms with Crippen molar-refractivity contribution in [2.24, 2.45) is 0 Å². The third-order valence-electron chi connectivity index (χ3n) is 3.77. The van der Waals surface area contributed by atoms with Crippen molar-refractivity contribution in [2.75, 3.05) is 23.3 Å². The Balaban J connectivity index is 1.90. The van der Waals surface area contributed by atoms with Crippen molar-refractivity contribution in [1.82, 2.24) is 14.6 Å². The van der Waals surface area contributed by atoms with Crippen LogP contribution in [0.5, 0.6) is 0 Å². The second-order valence-corrected chi connectivity index (χ2v) is 5.45. The highest BCUT2D eigenvalue weighted by molar-refractivity contribution is 5.93. The smallest absolute Gasteiger partial charge is 0.368 e. The van der Waals surface area contributed by atoms with Crippen LogP contribution in [0.25, 0.3) is 5.65 Å². The quantitative estimate of drug-likeness (QED) is 0.921. The Hall–Kier alpha value is -2.32. The van der Waals surface area contributed by atoms with Gasteiger partial charge in [-0.2, -0.15) is 18.2 Å². The summed E-state index contributed by atoms with van der Waals surface area (Å²) >= 11 is 0. The lowest BCUT2D eigenvalue weighted by molar-refractivity contribution is -0.167. The van der Waals surface area contributed by atoms with Crippen LogP contribution in [0.15, 0.2) is 18.3 Å². The summed E-state index contributed by atoms with van der Waals surface area (Å²) in [5, 5.41) is 5.58. The lowest BCUT2D eigenvalue weighted by atomic mass is 10.2. The van der Waals surface area contributed by atoms with E-state index in [2.05, 4.69) is 15.0 Å². The molecular weight excluding hydrogens is 311 g/mol. The highest BCUT2D eigenvalue weighted by Gasteiger charge is 2.39. The maximum Gasteiger partial charge on any atom is 0.471 e. The first-order valence-electron chi connectivity index (χ1n) is 7.44. The molecule has 1 aliphatic rings. The second-order valence-electron chi connectivity index (χ2n) is 5.45. The molecule has 6 nitrogen and oxygen atoms in total. The minimum Gasteiger partial charge on any atom is -0.368 e. The fourth-order valence-corrected chi connectivity index (χ4v) is 2.68. The first-order chi connectivity index (χ1) is 10.9. The minimum atomic E-state index is -4.97. The van der Waals surface area contributed by atoms with Crippen LogP contribution < -0.4 is 10.2 Å². The van der Waals surface area contributed by atoms with Crippen LogP contribution in [0.1, 0.15) is 25.7 Å². The number of alkyl halides is 3. The van der Waals surface area contributed by atoms with Crippen LogP contribution in [0.2, 0.25) is 0 Å². The van der Waals surface area contributed by atoms with Crippen molar-refractivity contribution in [3.05, 3.63) is 18.3 Å². The van der Waals surface area contributed by atoms with Crippen molar-refractivity contribution in [2.45, 2.75) is 31.9 Å². The van der Waals surface area contributed by atoms with E-state index in [1.165, 1.54) is 17.4 Å². The van der Waals surface area contributed by atoms with Crippen LogP contribution in [-0.2, 0) is 4.79 Å². The first-order valence-corrected chi connectivity index (χ1v) is 7.44. The van der Waals surface area contributed by atoms with Crippen molar-refractivity contribution in [3.8, 4) is 0 Å². The average Bonchev–Trinajstić information content (AvgIpc) is 2.71. The Bertz CT molecular complexity index is 704. The average molecular weight is 327 g/mol. The summed E-state index contributed by atoms with van der Waals surface area (Å²) in [6.45, 7) is 1.74. The molecule has 0 bridgehead atoms. The number of rotatable bonds is 2. The van der Waals surface area contributed by atoms with Gasteiger partial charge in [-0.3, -0.25) is 10.1 Å². The Labute approximate surface area is 130 Å². The van der Waals surface area contributed by atoms with Gasteiger partial charge in [-0.25, -0.2) is 4.52 Å². The summed E-state index contributed by atoms with van der Waals surface area (Å²) in [4.78, 5) is 17.2. The summed E-state index contributed by atoms with van der Waals surface area (Å²) < 4.78 is 38.3. The molecule has 0 aromatic carbocycles. The summed E-state index contributed by atoms with van der Waals surface area (Å²) in [6.07, 6.45) is 1.08. The Morgan fingerprint density at radius 2 is 1.87 bits per heavy atom. The maximum atomic E-state index is 12.3. The zero-order valence-electron chi connectivity index (χ0n) is 12.3. The summed E-state index contributed by atoms with van der Waals surface area (Å²) in [5.41, 5.74) is 1.25. The normalized spacial score (nSPS) is 16.4. The Kier molecular flexibility index (Phi) is 4.10. The molecule has 3 rings (SSSR count). The largest absolute Gasteiger partial charge is 0.471 e. The molecular formula is C14H16F3N5O. The van der Waals surface area contributed by atoms with E-state index in [4.69, 9.17) is 0 Å². The molecule has 2 aromatic rings. The first kappa shape index (κ1) is 15.6. The summed E-state index contributed by atoms with van der Waals surface area (Å²) in [6, 6.07) is 3.63.